The molecular formula is C77H94F6N12O21. The number of hydrogen-bond donors (Lipinski definition) is 13. The minimum Gasteiger partial charge on any atom is -0.450 e. The molecule has 7 fully saturated rings. The minimum absolute atomic E-state index is 0.0380. The van der Waals surface area contributed by atoms with Gasteiger partial charge in [-0.1, -0.05) is 91.1 Å². The van der Waals surface area contributed by atoms with Crippen molar-refractivity contribution in [1.29, 1.82) is 0 Å². The number of aromatic nitrogens is 6. The number of nitrogens with two attached hydrogens (primary N) is 2. The molecule has 15 N–H and O–H groups in total. The molecule has 4 aromatic carbocycles. The van der Waals surface area contributed by atoms with Crippen molar-refractivity contribution in [3.63, 3.8) is 0 Å². The van der Waals surface area contributed by atoms with Crippen LogP contribution in [0.4, 0.5) is 26.3 Å². The largest absolute Gasteiger partial charge is 0.450 e. The van der Waals surface area contributed by atoms with Crippen molar-refractivity contribution in [3.8, 4) is 22.5 Å². The fourth-order valence-corrected chi connectivity index (χ4v) is 16.2. The number of aliphatic hydroxyl groups excluding tert-OH is 9. The highest BCUT2D eigenvalue weighted by Gasteiger charge is 2.56. The van der Waals surface area contributed by atoms with Crippen molar-refractivity contribution in [2.24, 2.45) is 29.3 Å². The second-order valence-corrected chi connectivity index (χ2v) is 30.4. The zero-order valence-electron chi connectivity index (χ0n) is 62.7. The van der Waals surface area contributed by atoms with Crippen LogP contribution in [0.25, 0.3) is 28.2 Å². The lowest BCUT2D eigenvalue weighted by atomic mass is 9.80. The topological polar surface area (TPSA) is 468 Å². The number of carbonyl (C=O) groups excluding carboxylic acids is 4. The molecule has 0 spiro atoms. The van der Waals surface area contributed by atoms with E-state index in [4.69, 9.17) is 49.5 Å². The number of esters is 1. The Balaban J connectivity index is 0.788. The molecular weight excluding hydrogens is 1540 g/mol. The number of hydrogen-bond acceptors (Lipinski definition) is 28. The molecule has 3 amide bonds. The second kappa shape index (κ2) is 37.5. The van der Waals surface area contributed by atoms with Gasteiger partial charge in [-0.15, -0.1) is 10.2 Å². The van der Waals surface area contributed by atoms with E-state index in [9.17, 15) is 86.7 Å². The van der Waals surface area contributed by atoms with Gasteiger partial charge in [0.1, 0.15) is 90.7 Å². The fraction of sp³-hybridized carbons (Fsp3) is 0.558. The SMILES string of the molecule is CC1O[C@@H](OC2C(n3cc(-c4ccccc4)nn3)CC(C(=O)NCCNC(=O)C3CC(n4cc(-c5cc(F)c(F)c(F)c5)nn4)C(O)[C@H](O[C@@H]4OC(CO)[C@H](O)C(N(N)/C=C(\N)c5cc(F)c(F)c(F)c5)C4O)C3)C[C@H]2O[C@@H]2OC(CO)[C@H](O)C(O[C@@H](CC3CCCCC3)C(=O)N3CCC3)C2OC(=O)c2ccccc2)C(O)C(O)[C@@H]1O. The lowest BCUT2D eigenvalue weighted by molar-refractivity contribution is -0.348. The predicted octanol–water partition coefficient (Wildman–Crippen LogP) is 1.42. The van der Waals surface area contributed by atoms with E-state index in [2.05, 4.69) is 31.3 Å². The van der Waals surface area contributed by atoms with Gasteiger partial charge in [-0.25, -0.2) is 46.3 Å². The van der Waals surface area contributed by atoms with Gasteiger partial charge in [-0.2, -0.15) is 0 Å². The van der Waals surface area contributed by atoms with Crippen LogP contribution in [0, 0.1) is 52.7 Å². The summed E-state index contributed by atoms with van der Waals surface area (Å²) in [6.45, 7) is -0.171. The molecule has 0 radical (unpaired) electrons. The van der Waals surface area contributed by atoms with Gasteiger partial charge >= 0.3 is 5.97 Å². The summed E-state index contributed by atoms with van der Waals surface area (Å²) in [5.41, 5.74) is 5.66. The molecule has 6 aromatic rings. The van der Waals surface area contributed by atoms with Crippen LogP contribution in [0.1, 0.15) is 106 Å². The third-order valence-corrected chi connectivity index (χ3v) is 22.7. The highest BCUT2D eigenvalue weighted by molar-refractivity contribution is 5.89. The minimum atomic E-state index is -2.06. The van der Waals surface area contributed by atoms with Crippen LogP contribution >= 0.6 is 0 Å². The Hall–Kier alpha value is -8.72. The van der Waals surface area contributed by atoms with Crippen molar-refractivity contribution >= 4 is 29.4 Å². The molecule has 15 unspecified atom stereocenters. The average Bonchev–Trinajstić information content (AvgIpc) is 1.03. The number of benzene rings is 4. The van der Waals surface area contributed by atoms with Crippen molar-refractivity contribution in [2.45, 2.75) is 212 Å². The monoisotopic (exact) mass is 1640 g/mol. The number of ether oxygens (including phenoxy) is 8. The Morgan fingerprint density at radius 2 is 1.13 bits per heavy atom. The Morgan fingerprint density at radius 1 is 0.586 bits per heavy atom. The first kappa shape index (κ1) is 85.2. The molecule has 4 saturated heterocycles. The lowest BCUT2D eigenvalue weighted by Crippen LogP contribution is -2.66. The summed E-state index contributed by atoms with van der Waals surface area (Å²) in [6, 6.07) is 14.7. The van der Waals surface area contributed by atoms with E-state index < -0.39 is 230 Å². The Morgan fingerprint density at radius 3 is 1.73 bits per heavy atom. The van der Waals surface area contributed by atoms with Crippen molar-refractivity contribution in [1.82, 2.24) is 50.5 Å². The van der Waals surface area contributed by atoms with Gasteiger partial charge in [0.2, 0.25) is 11.8 Å². The standard InChI is InChI=1S/C77H94F6N12O21/c1-36-61(98)66(103)67(104)76(109-36)116-68-52(95-32-49(88-91-95)38-14-7-3-8-15-38)28-43(30-54(68)112-77-70(115-74(108)39-16-9-4-10-17-39)69(64(101)57(35-97)114-77)110-55(73(107)92-20-11-21-92)22-37-12-5-2-6-13-37)72(106)87-19-18-86-71(105)42-27-51(94-33-50(89-90-94)41-25-46(80)59(83)47(81)26-41)62(99)53(29-42)111-75-65(102)60(63(100)56(34-96)113-75)93(85)31-48(84)40-23-44(78)58(82)45(79)24-40/h3-4,7-10,14-17,23-26,31-33,36-37,42-43,51-57,60-70,75-77,96-104H,2,5-6,11-13,18-22,27-30,34-35,84-85H2,1H3,(H,86,105)(H,87,106)/b48-31-/t36?,42?,43?,51?,52?,53-,54-,55+,56?,57?,60?,61-,62?,63+,64+,65?,66?,67?,68?,69?,70?,75-,76+,77-/m1/s1. The smallest absolute Gasteiger partial charge is 0.338 e. The first-order chi connectivity index (χ1) is 55.7. The van der Waals surface area contributed by atoms with Crippen LogP contribution in [0.5, 0.6) is 0 Å². The predicted molar refractivity (Wildman–Crippen MR) is 388 cm³/mol. The molecule has 630 valence electrons. The van der Waals surface area contributed by atoms with Gasteiger partial charge in [-0.05, 0) is 87.8 Å². The summed E-state index contributed by atoms with van der Waals surface area (Å²) >= 11 is 0. The summed E-state index contributed by atoms with van der Waals surface area (Å²) in [6.07, 6.45) is -24.4. The molecule has 2 aromatic heterocycles. The number of nitrogens with zero attached hydrogens (tertiary/aromatic N) is 8. The number of carbonyl (C=O) groups is 4. The van der Waals surface area contributed by atoms with Gasteiger partial charge in [0.05, 0.1) is 67.3 Å². The first-order valence-electron chi connectivity index (χ1n) is 38.5. The average molecular weight is 1640 g/mol. The summed E-state index contributed by atoms with van der Waals surface area (Å²) < 4.78 is 140. The molecule has 24 atom stereocenters. The number of hydrazine groups is 1. The molecule has 7 aliphatic rings. The summed E-state index contributed by atoms with van der Waals surface area (Å²) in [5.74, 6) is -8.73. The van der Waals surface area contributed by atoms with Crippen LogP contribution < -0.4 is 22.2 Å². The highest BCUT2D eigenvalue weighted by atomic mass is 19.2. The highest BCUT2D eigenvalue weighted by Crippen LogP contribution is 2.44. The molecule has 13 rings (SSSR count). The maximum absolute atomic E-state index is 15.2. The van der Waals surface area contributed by atoms with Gasteiger partial charge in [0.25, 0.3) is 5.91 Å². The van der Waals surface area contributed by atoms with Crippen LogP contribution in [-0.4, -0.2) is 272 Å². The zero-order valence-corrected chi connectivity index (χ0v) is 62.7. The summed E-state index contributed by atoms with van der Waals surface area (Å²) in [4.78, 5) is 60.7. The van der Waals surface area contributed by atoms with E-state index in [-0.39, 0.29) is 67.4 Å². The quantitative estimate of drug-likeness (QED) is 0.00866. The van der Waals surface area contributed by atoms with E-state index in [0.717, 1.165) is 55.6 Å². The molecule has 3 aliphatic carbocycles. The zero-order chi connectivity index (χ0) is 82.5. The van der Waals surface area contributed by atoms with E-state index in [1.807, 2.05) is 0 Å². The van der Waals surface area contributed by atoms with Crippen LogP contribution in [-0.2, 0) is 52.3 Å². The maximum Gasteiger partial charge on any atom is 0.338 e. The number of aliphatic hydroxyl groups is 9. The van der Waals surface area contributed by atoms with E-state index in [0.29, 0.717) is 53.6 Å². The molecule has 4 aliphatic heterocycles. The van der Waals surface area contributed by atoms with E-state index in [1.54, 1.807) is 59.6 Å². The molecule has 116 heavy (non-hydrogen) atoms. The van der Waals surface area contributed by atoms with Crippen LogP contribution in [0.3, 0.4) is 0 Å². The van der Waals surface area contributed by atoms with Gasteiger partial charge in [0, 0.05) is 60.9 Å². The fourth-order valence-electron chi connectivity index (χ4n) is 16.2. The number of halogens is 6. The Bertz CT molecular complexity index is 4340. The first-order valence-corrected chi connectivity index (χ1v) is 38.5. The molecule has 3 saturated carbocycles. The van der Waals surface area contributed by atoms with E-state index in [1.165, 1.54) is 23.7 Å². The second-order valence-electron chi connectivity index (χ2n) is 30.4. The van der Waals surface area contributed by atoms with Crippen molar-refractivity contribution < 1.29 is 129 Å². The molecule has 39 heteroatoms. The third-order valence-electron chi connectivity index (χ3n) is 22.7. The normalized spacial score (nSPS) is 32.2. The van der Waals surface area contributed by atoms with Gasteiger partial charge < -0.3 is 110 Å². The van der Waals surface area contributed by atoms with Gasteiger partial charge in [0.15, 0.2) is 59.9 Å². The van der Waals surface area contributed by atoms with Crippen molar-refractivity contribution in [3.05, 3.63) is 150 Å². The van der Waals surface area contributed by atoms with Gasteiger partial charge in [-0.3, -0.25) is 14.4 Å². The molecule has 33 nitrogen and oxygen atoms in total. The third kappa shape index (κ3) is 18.9. The summed E-state index contributed by atoms with van der Waals surface area (Å²) in [5, 5.41) is 126. The molecule has 6 heterocycles. The maximum atomic E-state index is 15.2. The van der Waals surface area contributed by atoms with Crippen LogP contribution in [0.15, 0.2) is 104 Å². The Kier molecular flexibility index (Phi) is 27.5. The molecule has 0 bridgehead atoms. The lowest BCUT2D eigenvalue weighted by Gasteiger charge is -2.49. The van der Waals surface area contributed by atoms with E-state index >= 15 is 4.79 Å². The summed E-state index contributed by atoms with van der Waals surface area (Å²) in [7, 11) is 0. The number of rotatable bonds is 27. The van der Waals surface area contributed by atoms with Crippen molar-refractivity contribution in [2.75, 3.05) is 39.4 Å². The Labute approximate surface area is 659 Å². The number of nitrogens with one attached hydrogen (secondary N) is 2. The number of amides is 3. The van der Waals surface area contributed by atoms with Crippen LogP contribution in [0.2, 0.25) is 0 Å². The number of likely N-dealkylation sites (tertiary alicyclic amines) is 1.